The van der Waals surface area contributed by atoms with Crippen molar-refractivity contribution < 1.29 is 8.91 Å². The second-order valence-corrected chi connectivity index (χ2v) is 3.15. The van der Waals surface area contributed by atoms with E-state index in [4.69, 9.17) is 4.52 Å². The number of rotatable bonds is 5. The van der Waals surface area contributed by atoms with Crippen molar-refractivity contribution in [1.82, 2.24) is 20.1 Å². The van der Waals surface area contributed by atoms with Gasteiger partial charge in [-0.05, 0) is 0 Å². The molecule has 2 aromatic heterocycles. The van der Waals surface area contributed by atoms with Crippen LogP contribution in [0.4, 0.5) is 16.2 Å². The van der Waals surface area contributed by atoms with E-state index < -0.39 is 5.82 Å². The number of nitrogens with one attached hydrogen (secondary N) is 2. The average molecular weight is 238 g/mol. The molecule has 2 N–H and O–H groups in total. The van der Waals surface area contributed by atoms with Gasteiger partial charge in [-0.15, -0.1) is 0 Å². The number of hydrogen-bond donors (Lipinski definition) is 2. The van der Waals surface area contributed by atoms with Gasteiger partial charge in [-0.25, -0.2) is 9.37 Å². The Kier molecular flexibility index (Phi) is 3.43. The maximum atomic E-state index is 13.3. The van der Waals surface area contributed by atoms with Crippen LogP contribution >= 0.6 is 0 Å². The zero-order valence-corrected chi connectivity index (χ0v) is 9.14. The highest BCUT2D eigenvalue weighted by Gasteiger charge is 2.06. The van der Waals surface area contributed by atoms with Crippen LogP contribution in [-0.2, 0) is 6.42 Å². The lowest BCUT2D eigenvalue weighted by molar-refractivity contribution is 0.379. The van der Waals surface area contributed by atoms with E-state index in [1.165, 1.54) is 6.33 Å². The van der Waals surface area contributed by atoms with Gasteiger partial charge < -0.3 is 15.2 Å². The summed E-state index contributed by atoms with van der Waals surface area (Å²) in [5.74, 6) is 0.478. The third kappa shape index (κ3) is 2.86. The Bertz CT molecular complexity index is 474. The van der Waals surface area contributed by atoms with E-state index in [9.17, 15) is 4.39 Å². The molecular weight excluding hydrogens is 227 g/mol. The lowest BCUT2D eigenvalue weighted by Crippen LogP contribution is -2.10. The number of hydrogen-bond acceptors (Lipinski definition) is 7. The molecule has 90 valence electrons. The van der Waals surface area contributed by atoms with Crippen LogP contribution < -0.4 is 10.6 Å². The second kappa shape index (κ2) is 5.19. The van der Waals surface area contributed by atoms with E-state index in [1.54, 1.807) is 7.05 Å². The predicted octanol–water partition coefficient (Wildman–Crippen LogP) is 0.695. The van der Waals surface area contributed by atoms with Crippen molar-refractivity contribution in [2.75, 3.05) is 24.2 Å². The van der Waals surface area contributed by atoms with Crippen molar-refractivity contribution in [3.05, 3.63) is 24.2 Å². The van der Waals surface area contributed by atoms with Crippen molar-refractivity contribution in [1.29, 1.82) is 0 Å². The Morgan fingerprint density at radius 3 is 3.00 bits per heavy atom. The maximum absolute atomic E-state index is 13.3. The summed E-state index contributed by atoms with van der Waals surface area (Å²) < 4.78 is 18.1. The molecule has 0 radical (unpaired) electrons. The monoisotopic (exact) mass is 238 g/mol. The van der Waals surface area contributed by atoms with Crippen LogP contribution in [0.15, 0.2) is 17.0 Å². The highest BCUT2D eigenvalue weighted by molar-refractivity contribution is 5.40. The molecule has 0 aliphatic carbocycles. The van der Waals surface area contributed by atoms with E-state index in [0.29, 0.717) is 24.8 Å². The molecule has 2 aromatic rings. The van der Waals surface area contributed by atoms with Crippen LogP contribution in [0.1, 0.15) is 5.89 Å². The minimum atomic E-state index is -0.505. The molecule has 0 amide bonds. The second-order valence-electron chi connectivity index (χ2n) is 3.15. The summed E-state index contributed by atoms with van der Waals surface area (Å²) in [4.78, 5) is 11.5. The smallest absolute Gasteiger partial charge is 0.228 e. The summed E-state index contributed by atoms with van der Waals surface area (Å²) >= 11 is 0. The Morgan fingerprint density at radius 1 is 1.41 bits per heavy atom. The Balaban J connectivity index is 1.94. The van der Waals surface area contributed by atoms with Gasteiger partial charge in [0, 0.05) is 20.0 Å². The Morgan fingerprint density at radius 2 is 2.29 bits per heavy atom. The Labute approximate surface area is 96.5 Å². The molecule has 2 rings (SSSR count). The summed E-state index contributed by atoms with van der Waals surface area (Å²) in [6.07, 6.45) is 2.92. The first-order chi connectivity index (χ1) is 8.29. The molecule has 0 fully saturated rings. The fourth-order valence-electron chi connectivity index (χ4n) is 1.21. The molecule has 0 spiro atoms. The zero-order valence-electron chi connectivity index (χ0n) is 9.14. The molecule has 8 heteroatoms. The van der Waals surface area contributed by atoms with Gasteiger partial charge in [0.1, 0.15) is 0 Å². The molecule has 0 aliphatic rings. The van der Waals surface area contributed by atoms with Crippen molar-refractivity contribution in [3.8, 4) is 0 Å². The third-order valence-electron chi connectivity index (χ3n) is 2.01. The molecule has 0 aromatic carbocycles. The average Bonchev–Trinajstić information content (AvgIpc) is 2.84. The van der Waals surface area contributed by atoms with Gasteiger partial charge in [-0.3, -0.25) is 0 Å². The summed E-state index contributed by atoms with van der Waals surface area (Å²) in [7, 11) is 1.66. The fourth-order valence-corrected chi connectivity index (χ4v) is 1.21. The van der Waals surface area contributed by atoms with E-state index in [-0.39, 0.29) is 5.82 Å². The van der Waals surface area contributed by atoms with Gasteiger partial charge >= 0.3 is 0 Å². The summed E-state index contributed by atoms with van der Waals surface area (Å²) in [5, 5.41) is 9.03. The zero-order chi connectivity index (χ0) is 12.1. The van der Waals surface area contributed by atoms with Crippen LogP contribution in [0.5, 0.6) is 0 Å². The van der Waals surface area contributed by atoms with Crippen LogP contribution in [0.25, 0.3) is 0 Å². The highest BCUT2D eigenvalue weighted by atomic mass is 19.1. The molecule has 0 unspecified atom stereocenters. The van der Waals surface area contributed by atoms with Gasteiger partial charge in [-0.2, -0.15) is 9.97 Å². The van der Waals surface area contributed by atoms with Crippen LogP contribution in [0.2, 0.25) is 0 Å². The summed E-state index contributed by atoms with van der Waals surface area (Å²) in [5.41, 5.74) is 0. The first-order valence-electron chi connectivity index (χ1n) is 4.99. The summed E-state index contributed by atoms with van der Waals surface area (Å²) in [6.45, 7) is 0.444. The number of nitrogens with zero attached hydrogens (tertiary/aromatic N) is 4. The van der Waals surface area contributed by atoms with E-state index in [1.807, 2.05) is 0 Å². The standard InChI is InChI=1S/C9H11FN6O/c1-11-9-13-4-6(10)8(16-9)12-3-2-7-14-5-15-17-7/h4-5H,2-3H2,1H3,(H2,11,12,13,16). The minimum absolute atomic E-state index is 0.142. The summed E-state index contributed by atoms with van der Waals surface area (Å²) in [6, 6.07) is 0. The first-order valence-corrected chi connectivity index (χ1v) is 4.99. The lowest BCUT2D eigenvalue weighted by Gasteiger charge is -2.06. The molecule has 2 heterocycles. The predicted molar refractivity (Wildman–Crippen MR) is 58.0 cm³/mol. The number of aromatic nitrogens is 4. The number of halogens is 1. The fraction of sp³-hybridized carbons (Fsp3) is 0.333. The quantitative estimate of drug-likeness (QED) is 0.792. The molecule has 17 heavy (non-hydrogen) atoms. The van der Waals surface area contributed by atoms with E-state index in [0.717, 1.165) is 6.20 Å². The van der Waals surface area contributed by atoms with Gasteiger partial charge in [0.2, 0.25) is 11.8 Å². The van der Waals surface area contributed by atoms with E-state index in [2.05, 4.69) is 30.7 Å². The maximum Gasteiger partial charge on any atom is 0.228 e. The van der Waals surface area contributed by atoms with Crippen LogP contribution in [0, 0.1) is 5.82 Å². The SMILES string of the molecule is CNc1ncc(F)c(NCCc2ncno2)n1. The van der Waals surface area contributed by atoms with E-state index >= 15 is 0 Å². The molecule has 0 saturated heterocycles. The largest absolute Gasteiger partial charge is 0.367 e. The van der Waals surface area contributed by atoms with Crippen molar-refractivity contribution in [2.24, 2.45) is 0 Å². The van der Waals surface area contributed by atoms with Gasteiger partial charge in [0.05, 0.1) is 6.20 Å². The minimum Gasteiger partial charge on any atom is -0.367 e. The molecule has 0 bridgehead atoms. The lowest BCUT2D eigenvalue weighted by atomic mass is 10.4. The van der Waals surface area contributed by atoms with Gasteiger partial charge in [0.25, 0.3) is 0 Å². The molecule has 7 nitrogen and oxygen atoms in total. The molecule has 0 saturated carbocycles. The Hall–Kier alpha value is -2.25. The van der Waals surface area contributed by atoms with Crippen LogP contribution in [0.3, 0.4) is 0 Å². The van der Waals surface area contributed by atoms with Gasteiger partial charge in [-0.1, -0.05) is 5.16 Å². The highest BCUT2D eigenvalue weighted by Crippen LogP contribution is 2.11. The molecule has 0 atom stereocenters. The number of anilines is 2. The van der Waals surface area contributed by atoms with Crippen LogP contribution in [-0.4, -0.2) is 33.7 Å². The molecular formula is C9H11FN6O. The van der Waals surface area contributed by atoms with Crippen molar-refractivity contribution in [3.63, 3.8) is 0 Å². The van der Waals surface area contributed by atoms with Crippen molar-refractivity contribution >= 4 is 11.8 Å². The van der Waals surface area contributed by atoms with Gasteiger partial charge in [0.15, 0.2) is 18.0 Å². The topological polar surface area (TPSA) is 88.8 Å². The third-order valence-corrected chi connectivity index (χ3v) is 2.01. The van der Waals surface area contributed by atoms with Crippen molar-refractivity contribution in [2.45, 2.75) is 6.42 Å². The normalized spacial score (nSPS) is 10.2. The first kappa shape index (κ1) is 11.2. The molecule has 0 aliphatic heterocycles.